The van der Waals surface area contributed by atoms with E-state index in [1.807, 2.05) is 22.6 Å². The Morgan fingerprint density at radius 1 is 1.32 bits per heavy atom. The molecule has 1 aromatic rings. The van der Waals surface area contributed by atoms with Gasteiger partial charge >= 0.3 is 11.9 Å². The molecule has 0 heterocycles. The van der Waals surface area contributed by atoms with Crippen molar-refractivity contribution >= 4 is 57.1 Å². The van der Waals surface area contributed by atoms with Crippen LogP contribution < -0.4 is 5.11 Å². The largest absolute Gasteiger partial charge is 0.544 e. The summed E-state index contributed by atoms with van der Waals surface area (Å²) in [4.78, 5) is 22.5. The van der Waals surface area contributed by atoms with Gasteiger partial charge in [0.05, 0.1) is 3.57 Å². The van der Waals surface area contributed by atoms with E-state index in [4.69, 9.17) is 0 Å². The Hall–Kier alpha value is -0.720. The van der Waals surface area contributed by atoms with Crippen molar-refractivity contribution in [3.8, 4) is 5.75 Å². The van der Waals surface area contributed by atoms with Gasteiger partial charge in [-0.25, -0.2) is 4.79 Å². The van der Waals surface area contributed by atoms with E-state index in [1.54, 1.807) is 22.6 Å². The van der Waals surface area contributed by atoms with Crippen molar-refractivity contribution in [3.63, 3.8) is 0 Å². The summed E-state index contributed by atoms with van der Waals surface area (Å²) < 4.78 is 32.8. The van der Waals surface area contributed by atoms with E-state index in [2.05, 4.69) is 4.74 Å². The minimum absolute atomic E-state index is 0.315. The minimum Gasteiger partial charge on any atom is -0.544 e. The van der Waals surface area contributed by atoms with Crippen LogP contribution in [0.3, 0.4) is 0 Å². The van der Waals surface area contributed by atoms with Gasteiger partial charge in [0.1, 0.15) is 17.3 Å². The molecule has 0 saturated heterocycles. The third-order valence-corrected chi connectivity index (χ3v) is 5.78. The fourth-order valence-corrected chi connectivity index (χ4v) is 2.53. The predicted octanol–water partition coefficient (Wildman–Crippen LogP) is 2.17. The lowest BCUT2D eigenvalue weighted by Crippen LogP contribution is -2.53. The van der Waals surface area contributed by atoms with Crippen LogP contribution in [0, 0.1) is 13.1 Å². The van der Waals surface area contributed by atoms with Gasteiger partial charge in [0.15, 0.2) is 6.10 Å². The zero-order chi connectivity index (χ0) is 17.2. The molecule has 0 bridgehead atoms. The van der Waals surface area contributed by atoms with Gasteiger partial charge in [-0.2, -0.15) is 8.78 Å². The number of halogens is 4. The van der Waals surface area contributed by atoms with Crippen molar-refractivity contribution in [2.75, 3.05) is 0 Å². The van der Waals surface area contributed by atoms with Crippen molar-refractivity contribution in [1.29, 1.82) is 0 Å². The highest BCUT2D eigenvalue weighted by atomic mass is 127. The molecule has 9 heteroatoms. The molecule has 0 aliphatic rings. The van der Waals surface area contributed by atoms with Crippen molar-refractivity contribution in [2.45, 2.75) is 25.9 Å². The van der Waals surface area contributed by atoms with E-state index in [-0.39, 0.29) is 5.56 Å². The quantitative estimate of drug-likeness (QED) is 0.459. The van der Waals surface area contributed by atoms with Crippen LogP contribution in [0.5, 0.6) is 5.75 Å². The molecule has 1 aromatic carbocycles. The number of phenolic OH excluding ortho intramolecular Hbond substituents is 1. The van der Waals surface area contributed by atoms with Crippen LogP contribution in [0.4, 0.5) is 8.78 Å². The molecular weight excluding hydrogens is 528 g/mol. The number of benzene rings is 1. The second-order valence-corrected chi connectivity index (χ2v) is 6.98. The molecule has 122 valence electrons. The first-order chi connectivity index (χ1) is 10.00. The molecule has 1 unspecified atom stereocenters. The summed E-state index contributed by atoms with van der Waals surface area (Å²) in [6, 6.07) is 2.72. The monoisotopic (exact) mass is 539 g/mol. The van der Waals surface area contributed by atoms with Gasteiger partial charge in [-0.1, -0.05) is 13.8 Å². The van der Waals surface area contributed by atoms with E-state index in [1.165, 1.54) is 26.0 Å². The summed E-state index contributed by atoms with van der Waals surface area (Å²) in [6.07, 6.45) is -2.21. The van der Waals surface area contributed by atoms with Crippen LogP contribution >= 0.6 is 45.2 Å². The van der Waals surface area contributed by atoms with Crippen LogP contribution in [-0.4, -0.2) is 29.1 Å². The predicted molar refractivity (Wildman–Crippen MR) is 87.5 cm³/mol. The number of carboxylic acids is 1. The second-order valence-electron chi connectivity index (χ2n) is 4.74. The highest BCUT2D eigenvalue weighted by Gasteiger charge is 2.46. The summed E-state index contributed by atoms with van der Waals surface area (Å²) in [7, 11) is 0. The maximum Gasteiger partial charge on any atom is 0.342 e. The molecule has 0 spiro atoms. The van der Waals surface area contributed by atoms with Crippen LogP contribution in [0.1, 0.15) is 24.2 Å². The lowest BCUT2D eigenvalue weighted by Gasteiger charge is -2.30. The Morgan fingerprint density at radius 2 is 1.86 bits per heavy atom. The number of aromatic hydroxyl groups is 1. The number of aliphatic carboxylic acids is 1. The molecule has 0 amide bonds. The second kappa shape index (κ2) is 7.23. The molecule has 0 saturated carbocycles. The number of esters is 1. The fourth-order valence-electron chi connectivity index (χ4n) is 1.63. The van der Waals surface area contributed by atoms with E-state index in [9.17, 15) is 28.6 Å². The Labute approximate surface area is 152 Å². The van der Waals surface area contributed by atoms with Crippen LogP contribution in [0.15, 0.2) is 12.1 Å². The normalized spacial score (nSPS) is 13.0. The van der Waals surface area contributed by atoms with E-state index in [0.29, 0.717) is 7.14 Å². The fraction of sp³-hybridized carbons (Fsp3) is 0.385. The van der Waals surface area contributed by atoms with Crippen LogP contribution in [0.2, 0.25) is 0 Å². The number of hydrogen-bond donors (Lipinski definition) is 1. The Kier molecular flexibility index (Phi) is 6.36. The van der Waals surface area contributed by atoms with Gasteiger partial charge in [0.25, 0.3) is 0 Å². The molecule has 0 aromatic heterocycles. The molecule has 0 radical (unpaired) electrons. The number of phenols is 1. The highest BCUT2D eigenvalue weighted by Crippen LogP contribution is 2.32. The van der Waals surface area contributed by atoms with Gasteiger partial charge in [-0.15, -0.1) is 0 Å². The molecule has 1 atom stereocenters. The molecule has 5 nitrogen and oxygen atoms in total. The lowest BCUT2D eigenvalue weighted by molar-refractivity contribution is -0.337. The third kappa shape index (κ3) is 3.97. The highest BCUT2D eigenvalue weighted by molar-refractivity contribution is 14.1. The first-order valence-electron chi connectivity index (χ1n) is 5.97. The van der Waals surface area contributed by atoms with E-state index >= 15 is 0 Å². The standard InChI is InChI=1S/C13H12F2I2O5/c1-5(2)10(13(14,15)12(20)21)22-11(19)6-3-4-7(16)8(17)9(6)18/h3-5,10,18H,1-2H3,(H,20,21)/p-1. The smallest absolute Gasteiger partial charge is 0.342 e. The number of hydrogen-bond acceptors (Lipinski definition) is 5. The van der Waals surface area contributed by atoms with Crippen molar-refractivity contribution < 1.29 is 33.3 Å². The SMILES string of the molecule is CC(C)C(OC(=O)c1ccc(I)c(I)c1O)C(F)(F)C(=O)[O-]. The van der Waals surface area contributed by atoms with E-state index < -0.39 is 35.6 Å². The maximum absolute atomic E-state index is 13.6. The zero-order valence-electron chi connectivity index (χ0n) is 11.4. The van der Waals surface area contributed by atoms with Crippen molar-refractivity contribution in [1.82, 2.24) is 0 Å². The van der Waals surface area contributed by atoms with E-state index in [0.717, 1.165) is 0 Å². The topological polar surface area (TPSA) is 86.7 Å². The molecule has 22 heavy (non-hydrogen) atoms. The number of alkyl halides is 2. The zero-order valence-corrected chi connectivity index (χ0v) is 15.7. The van der Waals surface area contributed by atoms with Crippen molar-refractivity contribution in [2.24, 2.45) is 5.92 Å². The Morgan fingerprint density at radius 3 is 2.32 bits per heavy atom. The van der Waals surface area contributed by atoms with Crippen molar-refractivity contribution in [3.05, 3.63) is 24.8 Å². The van der Waals surface area contributed by atoms with Crippen LogP contribution in [0.25, 0.3) is 0 Å². The first kappa shape index (κ1) is 19.3. The molecule has 1 N–H and O–H groups in total. The van der Waals surface area contributed by atoms with Crippen LogP contribution in [-0.2, 0) is 9.53 Å². The molecule has 0 aliphatic heterocycles. The van der Waals surface area contributed by atoms with Gasteiger partial charge in [-0.3, -0.25) is 0 Å². The first-order valence-corrected chi connectivity index (χ1v) is 8.13. The Bertz CT molecular complexity index is 604. The summed E-state index contributed by atoms with van der Waals surface area (Å²) in [5.41, 5.74) is -0.315. The molecular formula is C13H11F2I2O5-. The number of rotatable bonds is 5. The number of carbonyl (C=O) groups is 2. The summed E-state index contributed by atoms with van der Waals surface area (Å²) >= 11 is 3.71. The molecule has 1 rings (SSSR count). The summed E-state index contributed by atoms with van der Waals surface area (Å²) in [6.45, 7) is 2.57. The Balaban J connectivity index is 3.13. The average Bonchev–Trinajstić information content (AvgIpc) is 2.41. The number of carbonyl (C=O) groups excluding carboxylic acids is 2. The minimum atomic E-state index is -4.34. The number of ether oxygens (including phenoxy) is 1. The molecule has 0 fully saturated rings. The summed E-state index contributed by atoms with van der Waals surface area (Å²) in [5.74, 6) is -9.57. The average molecular weight is 539 g/mol. The molecule has 0 aliphatic carbocycles. The number of carboxylic acid groups (broad SMARTS) is 1. The lowest BCUT2D eigenvalue weighted by atomic mass is 10.0. The third-order valence-electron chi connectivity index (χ3n) is 2.76. The maximum atomic E-state index is 13.6. The van der Waals surface area contributed by atoms with Gasteiger partial charge in [0, 0.05) is 3.57 Å². The summed E-state index contributed by atoms with van der Waals surface area (Å²) in [5, 5.41) is 20.4. The van der Waals surface area contributed by atoms with Gasteiger partial charge in [0.2, 0.25) is 0 Å². The van der Waals surface area contributed by atoms with Gasteiger partial charge < -0.3 is 19.7 Å². The van der Waals surface area contributed by atoms with Gasteiger partial charge in [-0.05, 0) is 63.2 Å².